The number of aromatic amines is 1. The van der Waals surface area contributed by atoms with Gasteiger partial charge in [0, 0.05) is 6.04 Å². The lowest BCUT2D eigenvalue weighted by atomic mass is 10.0. The Labute approximate surface area is 134 Å². The first kappa shape index (κ1) is 18.4. The number of carbonyl (C=O) groups excluding carboxylic acids is 1. The van der Waals surface area contributed by atoms with E-state index in [1.165, 1.54) is 0 Å². The molecule has 1 aliphatic rings. The summed E-state index contributed by atoms with van der Waals surface area (Å²) in [4.78, 5) is 22.9. The fourth-order valence-electron chi connectivity index (χ4n) is 2.90. The zero-order valence-electron chi connectivity index (χ0n) is 12.5. The van der Waals surface area contributed by atoms with Gasteiger partial charge in [-0.2, -0.15) is 5.10 Å². The van der Waals surface area contributed by atoms with Gasteiger partial charge in [0.05, 0.1) is 4.92 Å². The highest BCUT2D eigenvalue weighted by molar-refractivity contribution is 5.96. The highest BCUT2D eigenvalue weighted by atomic mass is 35.5. The van der Waals surface area contributed by atoms with E-state index in [1.807, 2.05) is 6.92 Å². The van der Waals surface area contributed by atoms with Crippen molar-refractivity contribution in [1.29, 1.82) is 0 Å². The third kappa shape index (κ3) is 3.75. The number of halogens is 1. The number of H-pyrrole nitrogens is 1. The smallest absolute Gasteiger partial charge is 0.322 e. The highest BCUT2D eigenvalue weighted by Crippen LogP contribution is 2.26. The molecule has 0 spiro atoms. The summed E-state index contributed by atoms with van der Waals surface area (Å²) in [5, 5.41) is 20.5. The topological polar surface area (TPSA) is 127 Å². The molecule has 2 rings (SSSR count). The Kier molecular flexibility index (Phi) is 6.76. The molecule has 2 unspecified atom stereocenters. The standard InChI is InChI=1S/C13H21N5O3.ClH/c1-2-4-10-12(18(20)21)11(17-16-10)13(19)15-9-6-3-5-8(9)7-14;/h8-9H,2-7,14H2,1H3,(H,15,19)(H,16,17);1H. The maximum Gasteiger partial charge on any atom is 0.322 e. The number of nitrogens with two attached hydrogens (primary N) is 1. The molecule has 0 aromatic carbocycles. The molecule has 1 heterocycles. The Hall–Kier alpha value is -1.67. The second-order valence-corrected chi connectivity index (χ2v) is 5.41. The van der Waals surface area contributed by atoms with E-state index in [0.29, 0.717) is 18.7 Å². The average Bonchev–Trinajstić information content (AvgIpc) is 3.05. The minimum Gasteiger partial charge on any atom is -0.347 e. The van der Waals surface area contributed by atoms with E-state index in [9.17, 15) is 14.9 Å². The summed E-state index contributed by atoms with van der Waals surface area (Å²) in [6, 6.07) is -0.0200. The van der Waals surface area contributed by atoms with Crippen LogP contribution in [-0.4, -0.2) is 33.6 Å². The lowest BCUT2D eigenvalue weighted by molar-refractivity contribution is -0.385. The molecular weight excluding hydrogens is 310 g/mol. The summed E-state index contributed by atoms with van der Waals surface area (Å²) in [7, 11) is 0. The second kappa shape index (κ2) is 8.09. The van der Waals surface area contributed by atoms with Gasteiger partial charge in [-0.1, -0.05) is 19.8 Å². The van der Waals surface area contributed by atoms with Gasteiger partial charge in [-0.25, -0.2) is 0 Å². The normalized spacial score (nSPS) is 20.5. The summed E-state index contributed by atoms with van der Waals surface area (Å²) < 4.78 is 0. The van der Waals surface area contributed by atoms with Crippen LogP contribution in [0.2, 0.25) is 0 Å². The van der Waals surface area contributed by atoms with Gasteiger partial charge in [0.2, 0.25) is 5.69 Å². The van der Waals surface area contributed by atoms with Gasteiger partial charge in [-0.05, 0) is 31.7 Å². The van der Waals surface area contributed by atoms with Crippen molar-refractivity contribution in [2.45, 2.75) is 45.1 Å². The first-order valence-corrected chi connectivity index (χ1v) is 7.31. The number of carbonyl (C=O) groups is 1. The Morgan fingerprint density at radius 1 is 1.55 bits per heavy atom. The Morgan fingerprint density at radius 3 is 2.86 bits per heavy atom. The third-order valence-corrected chi connectivity index (χ3v) is 3.99. The van der Waals surface area contributed by atoms with Crippen LogP contribution in [0.25, 0.3) is 0 Å². The van der Waals surface area contributed by atoms with Gasteiger partial charge >= 0.3 is 5.69 Å². The Morgan fingerprint density at radius 2 is 2.27 bits per heavy atom. The van der Waals surface area contributed by atoms with E-state index >= 15 is 0 Å². The van der Waals surface area contributed by atoms with Gasteiger partial charge < -0.3 is 11.1 Å². The van der Waals surface area contributed by atoms with Crippen LogP contribution >= 0.6 is 12.4 Å². The van der Waals surface area contributed by atoms with Gasteiger partial charge in [-0.3, -0.25) is 20.0 Å². The van der Waals surface area contributed by atoms with Gasteiger partial charge in [-0.15, -0.1) is 12.4 Å². The van der Waals surface area contributed by atoms with Crippen LogP contribution in [0.5, 0.6) is 0 Å². The van der Waals surface area contributed by atoms with Crippen LogP contribution in [0.3, 0.4) is 0 Å². The van der Waals surface area contributed by atoms with Crippen molar-refractivity contribution in [3.05, 3.63) is 21.5 Å². The molecule has 1 aliphatic carbocycles. The molecule has 9 heteroatoms. The number of rotatable bonds is 6. The Bertz CT molecular complexity index is 534. The predicted octanol–water partition coefficient (Wildman–Crippen LogP) is 1.55. The van der Waals surface area contributed by atoms with Crippen LogP contribution in [0.15, 0.2) is 0 Å². The Balaban J connectivity index is 0.00000242. The fraction of sp³-hybridized carbons (Fsp3) is 0.692. The maximum absolute atomic E-state index is 12.3. The minimum atomic E-state index is -0.543. The summed E-state index contributed by atoms with van der Waals surface area (Å²) in [5.74, 6) is -0.257. The van der Waals surface area contributed by atoms with Crippen molar-refractivity contribution < 1.29 is 9.72 Å². The summed E-state index contributed by atoms with van der Waals surface area (Å²) in [5.41, 5.74) is 5.73. The van der Waals surface area contributed by atoms with Gasteiger partial charge in [0.1, 0.15) is 5.69 Å². The lowest BCUT2D eigenvalue weighted by Gasteiger charge is -2.18. The number of aryl methyl sites for hydroxylation is 1. The summed E-state index contributed by atoms with van der Waals surface area (Å²) in [6.45, 7) is 2.42. The number of nitro groups is 1. The molecule has 124 valence electrons. The zero-order chi connectivity index (χ0) is 15.4. The molecular formula is C13H22ClN5O3. The first-order valence-electron chi connectivity index (χ1n) is 7.31. The quantitative estimate of drug-likeness (QED) is 0.538. The SMILES string of the molecule is CCCc1[nH]nc(C(=O)NC2CCCC2CN)c1[N+](=O)[O-].Cl. The van der Waals surface area contributed by atoms with E-state index in [0.717, 1.165) is 25.7 Å². The van der Waals surface area contributed by atoms with Crippen LogP contribution in [-0.2, 0) is 6.42 Å². The molecule has 0 aliphatic heterocycles. The molecule has 0 radical (unpaired) electrons. The van der Waals surface area contributed by atoms with E-state index in [2.05, 4.69) is 15.5 Å². The molecule has 1 fully saturated rings. The number of amides is 1. The number of nitrogens with zero attached hydrogens (tertiary/aromatic N) is 2. The number of aromatic nitrogens is 2. The molecule has 4 N–H and O–H groups in total. The van der Waals surface area contributed by atoms with Crippen LogP contribution in [0, 0.1) is 16.0 Å². The van der Waals surface area contributed by atoms with E-state index in [4.69, 9.17) is 5.73 Å². The average molecular weight is 332 g/mol. The highest BCUT2D eigenvalue weighted by Gasteiger charge is 2.33. The van der Waals surface area contributed by atoms with Crippen molar-refractivity contribution in [2.24, 2.45) is 11.7 Å². The molecule has 1 aromatic heterocycles. The predicted molar refractivity (Wildman–Crippen MR) is 84.1 cm³/mol. The number of hydrogen-bond acceptors (Lipinski definition) is 5. The number of nitrogens with one attached hydrogen (secondary N) is 2. The fourth-order valence-corrected chi connectivity index (χ4v) is 2.90. The van der Waals surface area contributed by atoms with Crippen LogP contribution in [0.1, 0.15) is 48.8 Å². The molecule has 8 nitrogen and oxygen atoms in total. The zero-order valence-corrected chi connectivity index (χ0v) is 13.3. The molecule has 2 atom stereocenters. The third-order valence-electron chi connectivity index (χ3n) is 3.99. The van der Waals surface area contributed by atoms with E-state index < -0.39 is 10.8 Å². The summed E-state index contributed by atoms with van der Waals surface area (Å²) in [6.07, 6.45) is 4.07. The first-order chi connectivity index (χ1) is 10.1. The van der Waals surface area contributed by atoms with Crippen LogP contribution < -0.4 is 11.1 Å². The van der Waals surface area contributed by atoms with Crippen LogP contribution in [0.4, 0.5) is 5.69 Å². The van der Waals surface area contributed by atoms with Crippen molar-refractivity contribution in [2.75, 3.05) is 6.54 Å². The molecule has 0 bridgehead atoms. The largest absolute Gasteiger partial charge is 0.347 e. The summed E-state index contributed by atoms with van der Waals surface area (Å²) >= 11 is 0. The molecule has 0 saturated heterocycles. The van der Waals surface area contributed by atoms with Crippen molar-refractivity contribution in [3.63, 3.8) is 0 Å². The second-order valence-electron chi connectivity index (χ2n) is 5.41. The molecule has 22 heavy (non-hydrogen) atoms. The van der Waals surface area contributed by atoms with Crippen molar-refractivity contribution >= 4 is 24.0 Å². The van der Waals surface area contributed by atoms with Crippen molar-refractivity contribution in [3.8, 4) is 0 Å². The lowest BCUT2D eigenvalue weighted by Crippen LogP contribution is -2.40. The minimum absolute atomic E-state index is 0. The molecule has 1 amide bonds. The van der Waals surface area contributed by atoms with Crippen molar-refractivity contribution in [1.82, 2.24) is 15.5 Å². The van der Waals surface area contributed by atoms with E-state index in [-0.39, 0.29) is 35.7 Å². The van der Waals surface area contributed by atoms with E-state index in [1.54, 1.807) is 0 Å². The molecule has 1 saturated carbocycles. The molecule has 1 aromatic rings. The monoisotopic (exact) mass is 331 g/mol. The van der Waals surface area contributed by atoms with Gasteiger partial charge in [0.15, 0.2) is 0 Å². The maximum atomic E-state index is 12.3. The number of hydrogen-bond donors (Lipinski definition) is 3. The van der Waals surface area contributed by atoms with Gasteiger partial charge in [0.25, 0.3) is 5.91 Å².